The van der Waals surface area contributed by atoms with Crippen LogP contribution in [0.25, 0.3) is 0 Å². The van der Waals surface area contributed by atoms with Gasteiger partial charge in [-0.1, -0.05) is 0 Å². The van der Waals surface area contributed by atoms with E-state index in [1.807, 2.05) is 0 Å². The monoisotopic (exact) mass is 451 g/mol. The third kappa shape index (κ3) is 6.90. The number of ether oxygens (including phenoxy) is 2. The molecule has 0 fully saturated rings. The van der Waals surface area contributed by atoms with Crippen molar-refractivity contribution in [2.45, 2.75) is 61.9 Å². The maximum absolute atomic E-state index is 13.0. The topological polar surface area (TPSA) is 38.4 Å². The SMILES string of the molecule is CCCOC([O])(CCC1=[C]([GeH]([C](F)(F)F)[C](F)(F)F)C=CC1)OCCC. The van der Waals surface area contributed by atoms with Crippen LogP contribution in [0.1, 0.15) is 46.0 Å². The van der Waals surface area contributed by atoms with E-state index < -0.39 is 34.7 Å². The summed E-state index contributed by atoms with van der Waals surface area (Å²) in [7, 11) is 0. The number of halogens is 6. The van der Waals surface area contributed by atoms with Gasteiger partial charge in [0.1, 0.15) is 0 Å². The summed E-state index contributed by atoms with van der Waals surface area (Å²) in [5.74, 6) is -2.26. The second-order valence-corrected chi connectivity index (χ2v) is 11.9. The molecule has 0 aromatic carbocycles. The molecule has 1 aliphatic rings. The van der Waals surface area contributed by atoms with Crippen molar-refractivity contribution in [1.82, 2.24) is 0 Å². The van der Waals surface area contributed by atoms with Crippen LogP contribution in [-0.2, 0) is 14.6 Å². The fraction of sp³-hybridized carbons (Fsp3) is 0.750. The first kappa shape index (κ1) is 23.5. The van der Waals surface area contributed by atoms with E-state index in [1.54, 1.807) is 13.8 Å². The summed E-state index contributed by atoms with van der Waals surface area (Å²) in [5.41, 5.74) is 0.0186. The molecule has 0 saturated heterocycles. The zero-order valence-corrected chi connectivity index (χ0v) is 17.1. The zero-order valence-electron chi connectivity index (χ0n) is 14.7. The Morgan fingerprint density at radius 1 is 1.00 bits per heavy atom. The van der Waals surface area contributed by atoms with Crippen molar-refractivity contribution in [2.24, 2.45) is 0 Å². The maximum atomic E-state index is 13.0. The Hall–Kier alpha value is -0.517. The van der Waals surface area contributed by atoms with Crippen molar-refractivity contribution in [3.05, 3.63) is 22.1 Å². The van der Waals surface area contributed by atoms with Gasteiger partial charge in [0.05, 0.1) is 0 Å². The van der Waals surface area contributed by atoms with Crippen molar-refractivity contribution < 1.29 is 40.9 Å². The van der Waals surface area contributed by atoms with E-state index in [4.69, 9.17) is 9.47 Å². The van der Waals surface area contributed by atoms with Gasteiger partial charge in [-0.2, -0.15) is 0 Å². The molecule has 26 heavy (non-hydrogen) atoms. The van der Waals surface area contributed by atoms with Crippen LogP contribution in [0.4, 0.5) is 26.3 Å². The molecule has 0 heterocycles. The standard InChI is InChI=1S/C16H23F6GeO3/c1-3-10-25-14(24,26-11-4-2)9-8-12-6-5-7-13(12)23(15(17,18)19)16(20,21)22/h5,7,23H,3-4,6,8-11H2,1-2H3. The third-order valence-electron chi connectivity index (χ3n) is 3.82. The van der Waals surface area contributed by atoms with Gasteiger partial charge in [0.2, 0.25) is 0 Å². The van der Waals surface area contributed by atoms with Gasteiger partial charge in [-0.05, 0) is 0 Å². The van der Waals surface area contributed by atoms with Crippen LogP contribution in [0.15, 0.2) is 22.1 Å². The summed E-state index contributed by atoms with van der Waals surface area (Å²) in [4.78, 5) is 0. The van der Waals surface area contributed by atoms with E-state index >= 15 is 0 Å². The molecule has 0 amide bonds. The summed E-state index contributed by atoms with van der Waals surface area (Å²) in [6.45, 7) is 3.74. The molecular formula is C16H23F6GeO3. The Labute approximate surface area is 153 Å². The van der Waals surface area contributed by atoms with Gasteiger partial charge in [0, 0.05) is 0 Å². The molecule has 0 aliphatic heterocycles. The quantitative estimate of drug-likeness (QED) is 0.269. The minimum absolute atomic E-state index is 0.0130. The average molecular weight is 450 g/mol. The molecule has 1 rings (SSSR count). The first-order valence-corrected chi connectivity index (χ1v) is 12.1. The van der Waals surface area contributed by atoms with Crippen molar-refractivity contribution in [1.29, 1.82) is 0 Å². The second-order valence-electron chi connectivity index (χ2n) is 6.06. The minimum atomic E-state index is -5.83. The van der Waals surface area contributed by atoms with Crippen molar-refractivity contribution >= 4 is 14.3 Å². The third-order valence-corrected chi connectivity index (χ3v) is 9.13. The molecule has 0 spiro atoms. The number of allylic oxidation sites excluding steroid dienone is 4. The van der Waals surface area contributed by atoms with Crippen molar-refractivity contribution in [3.63, 3.8) is 0 Å². The van der Waals surface area contributed by atoms with Gasteiger partial charge in [0.25, 0.3) is 0 Å². The van der Waals surface area contributed by atoms with Crippen LogP contribution in [0.2, 0.25) is 0 Å². The van der Waals surface area contributed by atoms with Gasteiger partial charge in [-0.25, -0.2) is 0 Å². The second kappa shape index (κ2) is 9.61. The molecule has 0 N–H and O–H groups in total. The van der Waals surface area contributed by atoms with Crippen LogP contribution in [0, 0.1) is 0 Å². The Balaban J connectivity index is 2.99. The normalized spacial score (nSPS) is 16.2. The summed E-state index contributed by atoms with van der Waals surface area (Å²) in [6, 6.07) is 0. The summed E-state index contributed by atoms with van der Waals surface area (Å²) < 4.78 is 87.8. The molecule has 0 unspecified atom stereocenters. The molecule has 151 valence electrons. The van der Waals surface area contributed by atoms with Gasteiger partial charge < -0.3 is 0 Å². The summed E-state index contributed by atoms with van der Waals surface area (Å²) >= 11 is -5.83. The number of hydrogen-bond donors (Lipinski definition) is 0. The van der Waals surface area contributed by atoms with Crippen LogP contribution in [0.3, 0.4) is 0 Å². The fourth-order valence-corrected chi connectivity index (χ4v) is 7.01. The molecular weight excluding hydrogens is 427 g/mol. The van der Waals surface area contributed by atoms with Crippen LogP contribution < -0.4 is 0 Å². The molecule has 0 aromatic rings. The van der Waals surface area contributed by atoms with E-state index in [0.717, 1.165) is 6.08 Å². The molecule has 1 aliphatic carbocycles. The van der Waals surface area contributed by atoms with Crippen molar-refractivity contribution in [3.8, 4) is 0 Å². The number of alkyl halides is 6. The number of hydrogen-bond acceptors (Lipinski definition) is 2. The fourth-order valence-electron chi connectivity index (χ4n) is 2.65. The Kier molecular flexibility index (Phi) is 8.69. The predicted molar refractivity (Wildman–Crippen MR) is 85.2 cm³/mol. The van der Waals surface area contributed by atoms with E-state index in [-0.39, 0.29) is 38.0 Å². The Morgan fingerprint density at radius 3 is 1.92 bits per heavy atom. The van der Waals surface area contributed by atoms with E-state index in [0.29, 0.717) is 12.8 Å². The number of rotatable bonds is 10. The molecule has 1 radical (unpaired) electrons. The van der Waals surface area contributed by atoms with E-state index in [2.05, 4.69) is 0 Å². The zero-order chi connectivity index (χ0) is 20.0. The first-order valence-electron chi connectivity index (χ1n) is 8.44. The summed E-state index contributed by atoms with van der Waals surface area (Å²) in [6.07, 6.45) is 2.72. The van der Waals surface area contributed by atoms with E-state index in [9.17, 15) is 31.4 Å². The Bertz CT molecular complexity index is 491. The van der Waals surface area contributed by atoms with Gasteiger partial charge in [-0.3, -0.25) is 0 Å². The van der Waals surface area contributed by atoms with Crippen LogP contribution >= 0.6 is 0 Å². The average Bonchev–Trinajstić information content (AvgIpc) is 2.94. The Morgan fingerprint density at radius 2 is 1.50 bits per heavy atom. The predicted octanol–water partition coefficient (Wildman–Crippen LogP) is 4.93. The van der Waals surface area contributed by atoms with Gasteiger partial charge in [0.15, 0.2) is 0 Å². The summed E-state index contributed by atoms with van der Waals surface area (Å²) in [5, 5.41) is 1.99. The van der Waals surface area contributed by atoms with Crippen LogP contribution in [0.5, 0.6) is 0 Å². The molecule has 0 saturated carbocycles. The molecule has 0 bridgehead atoms. The van der Waals surface area contributed by atoms with Crippen molar-refractivity contribution in [2.75, 3.05) is 13.2 Å². The van der Waals surface area contributed by atoms with E-state index in [1.165, 1.54) is 6.08 Å². The molecule has 10 heteroatoms. The van der Waals surface area contributed by atoms with Gasteiger partial charge in [-0.15, -0.1) is 0 Å². The molecule has 0 atom stereocenters. The molecule has 3 nitrogen and oxygen atoms in total. The first-order chi connectivity index (χ1) is 11.9. The molecule has 0 aromatic heterocycles. The van der Waals surface area contributed by atoms with Gasteiger partial charge >= 0.3 is 153 Å². The van der Waals surface area contributed by atoms with Crippen LogP contribution in [-0.4, -0.2) is 43.6 Å².